The van der Waals surface area contributed by atoms with E-state index in [1.165, 1.54) is 0 Å². The molecule has 7 nitrogen and oxygen atoms in total. The highest BCUT2D eigenvalue weighted by atomic mass is 16.5. The van der Waals surface area contributed by atoms with E-state index >= 15 is 0 Å². The zero-order valence-corrected chi connectivity index (χ0v) is 11.6. The zero-order valence-electron chi connectivity index (χ0n) is 11.6. The number of nitrogens with two attached hydrogens (primary N) is 1. The third-order valence-electron chi connectivity index (χ3n) is 2.39. The average molecular weight is 274 g/mol. The lowest BCUT2D eigenvalue weighted by Gasteiger charge is -2.18. The monoisotopic (exact) mass is 274 g/mol. The molecule has 0 aromatic carbocycles. The summed E-state index contributed by atoms with van der Waals surface area (Å²) in [6.45, 7) is 5.58. The van der Waals surface area contributed by atoms with Gasteiger partial charge in [0.05, 0.1) is 12.5 Å². The number of primary amides is 1. The van der Waals surface area contributed by atoms with E-state index in [2.05, 4.69) is 5.32 Å². The molecule has 0 rings (SSSR count). The van der Waals surface area contributed by atoms with Gasteiger partial charge in [-0.3, -0.25) is 14.4 Å². The van der Waals surface area contributed by atoms with Crippen molar-refractivity contribution in [1.82, 2.24) is 5.32 Å². The second kappa shape index (κ2) is 9.32. The minimum absolute atomic E-state index is 0.103. The van der Waals surface area contributed by atoms with Gasteiger partial charge < -0.3 is 20.5 Å². The van der Waals surface area contributed by atoms with Crippen LogP contribution in [-0.2, 0) is 23.9 Å². The second-order valence-corrected chi connectivity index (χ2v) is 4.05. The Morgan fingerprint density at radius 1 is 1.21 bits per heavy atom. The lowest BCUT2D eigenvalue weighted by atomic mass is 10.0. The molecule has 0 saturated carbocycles. The van der Waals surface area contributed by atoms with Gasteiger partial charge >= 0.3 is 5.97 Å². The minimum atomic E-state index is -0.910. The maximum Gasteiger partial charge on any atom is 0.308 e. The highest BCUT2D eigenvalue weighted by Gasteiger charge is 2.25. The van der Waals surface area contributed by atoms with Crippen LogP contribution in [0.2, 0.25) is 0 Å². The van der Waals surface area contributed by atoms with E-state index < -0.39 is 29.7 Å². The first-order valence-electron chi connectivity index (χ1n) is 6.25. The van der Waals surface area contributed by atoms with Crippen LogP contribution < -0.4 is 11.1 Å². The SMILES string of the molecule is CCOCC(=O)N[C@@H](C[C@@H](C)C(=O)OCC)C(N)=O. The molecule has 0 heterocycles. The van der Waals surface area contributed by atoms with E-state index in [9.17, 15) is 14.4 Å². The number of ether oxygens (including phenoxy) is 2. The van der Waals surface area contributed by atoms with E-state index in [1.807, 2.05) is 0 Å². The van der Waals surface area contributed by atoms with Crippen molar-refractivity contribution in [3.8, 4) is 0 Å². The highest BCUT2D eigenvalue weighted by molar-refractivity contribution is 5.87. The summed E-state index contributed by atoms with van der Waals surface area (Å²) in [4.78, 5) is 34.1. The zero-order chi connectivity index (χ0) is 14.8. The number of nitrogens with one attached hydrogen (secondary N) is 1. The number of hydrogen-bond donors (Lipinski definition) is 2. The first kappa shape index (κ1) is 17.4. The molecule has 2 amide bonds. The van der Waals surface area contributed by atoms with Crippen molar-refractivity contribution in [2.75, 3.05) is 19.8 Å². The molecule has 0 fully saturated rings. The molecule has 0 unspecified atom stereocenters. The third-order valence-corrected chi connectivity index (χ3v) is 2.39. The highest BCUT2D eigenvalue weighted by Crippen LogP contribution is 2.08. The van der Waals surface area contributed by atoms with Crippen molar-refractivity contribution in [2.24, 2.45) is 11.7 Å². The molecule has 0 spiro atoms. The van der Waals surface area contributed by atoms with Crippen LogP contribution in [0, 0.1) is 5.92 Å². The van der Waals surface area contributed by atoms with Crippen LogP contribution in [0.25, 0.3) is 0 Å². The van der Waals surface area contributed by atoms with Gasteiger partial charge in [-0.1, -0.05) is 6.92 Å². The molecular weight excluding hydrogens is 252 g/mol. The summed E-state index contributed by atoms with van der Waals surface area (Å²) < 4.78 is 9.74. The van der Waals surface area contributed by atoms with E-state index in [4.69, 9.17) is 15.2 Å². The molecule has 0 aromatic heterocycles. The van der Waals surface area contributed by atoms with E-state index in [0.717, 1.165) is 0 Å². The van der Waals surface area contributed by atoms with Crippen molar-refractivity contribution in [1.29, 1.82) is 0 Å². The Morgan fingerprint density at radius 2 is 1.84 bits per heavy atom. The summed E-state index contributed by atoms with van der Waals surface area (Å²) in [6.07, 6.45) is 0.103. The van der Waals surface area contributed by atoms with Gasteiger partial charge in [-0.15, -0.1) is 0 Å². The summed E-state index contributed by atoms with van der Waals surface area (Å²) in [5.41, 5.74) is 5.19. The predicted octanol–water partition coefficient (Wildman–Crippen LogP) is -0.418. The van der Waals surface area contributed by atoms with Gasteiger partial charge in [-0.25, -0.2) is 0 Å². The molecule has 0 bridgehead atoms. The van der Waals surface area contributed by atoms with Crippen LogP contribution in [0.1, 0.15) is 27.2 Å². The Kier molecular flexibility index (Phi) is 8.52. The van der Waals surface area contributed by atoms with Gasteiger partial charge in [0.2, 0.25) is 11.8 Å². The van der Waals surface area contributed by atoms with Gasteiger partial charge in [-0.2, -0.15) is 0 Å². The predicted molar refractivity (Wildman–Crippen MR) is 68.0 cm³/mol. The number of carbonyl (C=O) groups is 3. The van der Waals surface area contributed by atoms with Crippen LogP contribution in [0.15, 0.2) is 0 Å². The van der Waals surface area contributed by atoms with Crippen molar-refractivity contribution in [3.05, 3.63) is 0 Å². The lowest BCUT2D eigenvalue weighted by molar-refractivity contribution is -0.148. The first-order chi connectivity index (χ1) is 8.92. The molecule has 110 valence electrons. The van der Waals surface area contributed by atoms with Gasteiger partial charge in [0, 0.05) is 6.61 Å². The van der Waals surface area contributed by atoms with Crippen molar-refractivity contribution >= 4 is 17.8 Å². The normalized spacial score (nSPS) is 13.4. The van der Waals surface area contributed by atoms with Crippen molar-refractivity contribution < 1.29 is 23.9 Å². The molecule has 0 aliphatic carbocycles. The fourth-order valence-electron chi connectivity index (χ4n) is 1.41. The average Bonchev–Trinajstić information content (AvgIpc) is 2.35. The maximum absolute atomic E-state index is 11.4. The maximum atomic E-state index is 11.4. The number of hydrogen-bond acceptors (Lipinski definition) is 5. The summed E-state index contributed by atoms with van der Waals surface area (Å²) in [7, 11) is 0. The molecular formula is C12H22N2O5. The Morgan fingerprint density at radius 3 is 2.32 bits per heavy atom. The number of esters is 1. The Bertz CT molecular complexity index is 319. The number of amides is 2. The van der Waals surface area contributed by atoms with Gasteiger partial charge in [0.15, 0.2) is 0 Å². The smallest absolute Gasteiger partial charge is 0.308 e. The minimum Gasteiger partial charge on any atom is -0.466 e. The standard InChI is InChI=1S/C12H22N2O5/c1-4-18-7-10(15)14-9(11(13)16)6-8(3)12(17)19-5-2/h8-9H,4-7H2,1-3H3,(H2,13,16)(H,14,15)/t8-,9+/m1/s1. The Balaban J connectivity index is 4.37. The summed E-state index contributed by atoms with van der Waals surface area (Å²) in [5, 5.41) is 2.43. The van der Waals surface area contributed by atoms with E-state index in [0.29, 0.717) is 6.61 Å². The molecule has 0 aliphatic rings. The molecule has 0 radical (unpaired) electrons. The number of rotatable bonds is 9. The fourth-order valence-corrected chi connectivity index (χ4v) is 1.41. The van der Waals surface area contributed by atoms with Crippen LogP contribution >= 0.6 is 0 Å². The fraction of sp³-hybridized carbons (Fsp3) is 0.750. The second-order valence-electron chi connectivity index (χ2n) is 4.05. The van der Waals surface area contributed by atoms with Crippen LogP contribution in [0.5, 0.6) is 0 Å². The van der Waals surface area contributed by atoms with E-state index in [-0.39, 0.29) is 19.6 Å². The summed E-state index contributed by atoms with van der Waals surface area (Å²) >= 11 is 0. The van der Waals surface area contributed by atoms with Gasteiger partial charge in [-0.05, 0) is 20.3 Å². The first-order valence-corrected chi connectivity index (χ1v) is 6.25. The summed E-state index contributed by atoms with van der Waals surface area (Å²) in [6, 6.07) is -0.910. The summed E-state index contributed by atoms with van der Waals surface area (Å²) in [5.74, 6) is -2.08. The number of carbonyl (C=O) groups excluding carboxylic acids is 3. The molecule has 0 aromatic rings. The lowest BCUT2D eigenvalue weighted by Crippen LogP contribution is -2.47. The molecule has 7 heteroatoms. The molecule has 3 N–H and O–H groups in total. The molecule has 0 aliphatic heterocycles. The van der Waals surface area contributed by atoms with Crippen molar-refractivity contribution in [2.45, 2.75) is 33.2 Å². The van der Waals surface area contributed by atoms with Gasteiger partial charge in [0.1, 0.15) is 12.6 Å². The quantitative estimate of drug-likeness (QED) is 0.555. The molecule has 2 atom stereocenters. The Labute approximate surface area is 112 Å². The largest absolute Gasteiger partial charge is 0.466 e. The third kappa shape index (κ3) is 7.40. The van der Waals surface area contributed by atoms with E-state index in [1.54, 1.807) is 20.8 Å². The van der Waals surface area contributed by atoms with Crippen molar-refractivity contribution in [3.63, 3.8) is 0 Å². The van der Waals surface area contributed by atoms with Gasteiger partial charge in [0.25, 0.3) is 0 Å². The van der Waals surface area contributed by atoms with Crippen LogP contribution in [0.3, 0.4) is 0 Å². The molecule has 0 saturated heterocycles. The molecule has 19 heavy (non-hydrogen) atoms. The van der Waals surface area contributed by atoms with Crippen LogP contribution in [-0.4, -0.2) is 43.6 Å². The van der Waals surface area contributed by atoms with Crippen LogP contribution in [0.4, 0.5) is 0 Å². The Hall–Kier alpha value is -1.63. The topological polar surface area (TPSA) is 108 Å².